The lowest BCUT2D eigenvalue weighted by atomic mass is 10.0. The zero-order chi connectivity index (χ0) is 13.4. The molecule has 21 heavy (non-hydrogen) atoms. The van der Waals surface area contributed by atoms with Crippen LogP contribution in [0.2, 0.25) is 0 Å². The van der Waals surface area contributed by atoms with E-state index in [-0.39, 0.29) is 30.7 Å². The number of halogens is 2. The van der Waals surface area contributed by atoms with Gasteiger partial charge in [0.2, 0.25) is 0 Å². The van der Waals surface area contributed by atoms with Crippen LogP contribution in [0, 0.1) is 6.92 Å². The minimum absolute atomic E-state index is 0. The van der Waals surface area contributed by atoms with Crippen molar-refractivity contribution in [2.45, 2.75) is 13.0 Å². The topological polar surface area (TPSA) is 45.2 Å². The number of pyridine rings is 1. The van der Waals surface area contributed by atoms with Gasteiger partial charge in [-0.1, -0.05) is 18.2 Å². The highest BCUT2D eigenvalue weighted by molar-refractivity contribution is 6.06. The van der Waals surface area contributed by atoms with Gasteiger partial charge in [-0.15, -0.1) is 24.8 Å². The van der Waals surface area contributed by atoms with Crippen molar-refractivity contribution in [3.63, 3.8) is 0 Å². The van der Waals surface area contributed by atoms with E-state index in [1.165, 1.54) is 0 Å². The van der Waals surface area contributed by atoms with Crippen LogP contribution in [-0.4, -0.2) is 42.0 Å². The highest BCUT2D eigenvalue weighted by Crippen LogP contribution is 2.20. The summed E-state index contributed by atoms with van der Waals surface area (Å²) in [6.07, 6.45) is 0. The van der Waals surface area contributed by atoms with Gasteiger partial charge >= 0.3 is 0 Å². The first-order valence-corrected chi connectivity index (χ1v) is 6.51. The Balaban J connectivity index is 0.00000110. The van der Waals surface area contributed by atoms with Crippen LogP contribution < -0.4 is 5.32 Å². The van der Waals surface area contributed by atoms with Gasteiger partial charge in [-0.2, -0.15) is 0 Å². The smallest absolute Gasteiger partial charge is 0.254 e. The largest absolute Gasteiger partial charge is 0.336 e. The van der Waals surface area contributed by atoms with Gasteiger partial charge in [-0.3, -0.25) is 9.78 Å². The van der Waals surface area contributed by atoms with E-state index < -0.39 is 0 Å². The van der Waals surface area contributed by atoms with Gasteiger partial charge in [0.25, 0.3) is 5.91 Å². The molecule has 1 aromatic carbocycles. The number of nitrogens with zero attached hydrogens (tertiary/aromatic N) is 2. The first-order valence-electron chi connectivity index (χ1n) is 6.51. The van der Waals surface area contributed by atoms with Crippen molar-refractivity contribution in [1.29, 1.82) is 0 Å². The quantitative estimate of drug-likeness (QED) is 0.921. The molecule has 1 aliphatic rings. The fourth-order valence-electron chi connectivity index (χ4n) is 2.39. The maximum atomic E-state index is 12.6. The minimum atomic E-state index is 0. The summed E-state index contributed by atoms with van der Waals surface area (Å²) in [5.41, 5.74) is 2.51. The number of hydrogen-bond acceptors (Lipinski definition) is 3. The van der Waals surface area contributed by atoms with Gasteiger partial charge < -0.3 is 10.2 Å². The zero-order valence-corrected chi connectivity index (χ0v) is 13.6. The Morgan fingerprint density at radius 3 is 2.57 bits per heavy atom. The van der Waals surface area contributed by atoms with Crippen molar-refractivity contribution in [2.24, 2.45) is 0 Å². The van der Waals surface area contributed by atoms with Gasteiger partial charge in [0, 0.05) is 31.2 Å². The van der Waals surface area contributed by atoms with Crippen molar-refractivity contribution in [3.05, 3.63) is 41.6 Å². The van der Waals surface area contributed by atoms with Crippen LogP contribution in [0.1, 0.15) is 16.1 Å². The third-order valence-electron chi connectivity index (χ3n) is 3.70. The summed E-state index contributed by atoms with van der Waals surface area (Å²) in [5, 5.41) is 4.12. The maximum absolute atomic E-state index is 12.6. The molecule has 0 spiro atoms. The van der Waals surface area contributed by atoms with Crippen molar-refractivity contribution in [3.8, 4) is 0 Å². The zero-order valence-electron chi connectivity index (χ0n) is 12.0. The number of carbonyl (C=O) groups is 1. The van der Waals surface area contributed by atoms with E-state index >= 15 is 0 Å². The number of para-hydroxylation sites is 1. The van der Waals surface area contributed by atoms with Crippen LogP contribution in [0.25, 0.3) is 10.9 Å². The van der Waals surface area contributed by atoms with Gasteiger partial charge in [-0.25, -0.2) is 0 Å². The molecule has 114 valence electrons. The number of benzene rings is 1. The van der Waals surface area contributed by atoms with Crippen LogP contribution in [0.15, 0.2) is 30.3 Å². The Morgan fingerprint density at radius 1 is 1.29 bits per heavy atom. The highest BCUT2D eigenvalue weighted by atomic mass is 35.5. The second-order valence-corrected chi connectivity index (χ2v) is 5.06. The minimum Gasteiger partial charge on any atom is -0.336 e. The van der Waals surface area contributed by atoms with E-state index in [1.807, 2.05) is 49.2 Å². The third kappa shape index (κ3) is 3.28. The van der Waals surface area contributed by atoms with Gasteiger partial charge in [-0.05, 0) is 19.1 Å². The summed E-state index contributed by atoms with van der Waals surface area (Å²) in [7, 11) is 1.87. The molecule has 0 unspecified atom stereocenters. The lowest BCUT2D eigenvalue weighted by Gasteiger charge is -2.35. The number of aryl methyl sites for hydroxylation is 1. The lowest BCUT2D eigenvalue weighted by Crippen LogP contribution is -2.57. The standard InChI is InChI=1S/C15H17N3O.2ClH/c1-10-7-13(12-5-3-4-6-14(12)17-10)15(19)18(2)11-8-16-9-11;;/h3-7,11,16H,8-9H2,1-2H3;2*1H. The van der Waals surface area contributed by atoms with Crippen LogP contribution in [0.4, 0.5) is 0 Å². The maximum Gasteiger partial charge on any atom is 0.254 e. The molecule has 1 fully saturated rings. The summed E-state index contributed by atoms with van der Waals surface area (Å²) in [6, 6.07) is 9.99. The third-order valence-corrected chi connectivity index (χ3v) is 3.70. The average Bonchev–Trinajstić information content (AvgIpc) is 2.34. The van der Waals surface area contributed by atoms with E-state index in [0.29, 0.717) is 6.04 Å². The molecule has 1 N–H and O–H groups in total. The lowest BCUT2D eigenvalue weighted by molar-refractivity contribution is 0.0683. The fourth-order valence-corrected chi connectivity index (χ4v) is 2.39. The molecule has 6 heteroatoms. The Bertz CT molecular complexity index is 644. The number of nitrogens with one attached hydrogen (secondary N) is 1. The van der Waals surface area contributed by atoms with Crippen molar-refractivity contribution < 1.29 is 4.79 Å². The van der Waals surface area contributed by atoms with E-state index in [4.69, 9.17) is 0 Å². The monoisotopic (exact) mass is 327 g/mol. The molecule has 1 aromatic heterocycles. The van der Waals surface area contributed by atoms with Crippen LogP contribution in [0.5, 0.6) is 0 Å². The number of likely N-dealkylation sites (N-methyl/N-ethyl adjacent to an activating group) is 1. The molecule has 0 saturated carbocycles. The molecule has 0 atom stereocenters. The van der Waals surface area contributed by atoms with Crippen molar-refractivity contribution in [1.82, 2.24) is 15.2 Å². The first kappa shape index (κ1) is 17.7. The molecule has 1 saturated heterocycles. The van der Waals surface area contributed by atoms with Crippen molar-refractivity contribution >= 4 is 41.6 Å². The summed E-state index contributed by atoms with van der Waals surface area (Å²) < 4.78 is 0. The summed E-state index contributed by atoms with van der Waals surface area (Å²) in [6.45, 7) is 3.68. The Kier molecular flexibility index (Phi) is 5.96. The predicted octanol–water partition coefficient (Wildman–Crippen LogP) is 2.43. The van der Waals surface area contributed by atoms with Gasteiger partial charge in [0.05, 0.1) is 17.1 Å². The average molecular weight is 328 g/mol. The molecule has 0 aliphatic carbocycles. The van der Waals surface area contributed by atoms with E-state index in [9.17, 15) is 4.79 Å². The Hall–Kier alpha value is -1.36. The molecule has 0 radical (unpaired) electrons. The number of amides is 1. The molecule has 2 heterocycles. The molecule has 3 rings (SSSR count). The predicted molar refractivity (Wildman–Crippen MR) is 89.7 cm³/mol. The number of fused-ring (bicyclic) bond motifs is 1. The Labute approximate surface area is 136 Å². The number of hydrogen-bond donors (Lipinski definition) is 1. The van der Waals surface area contributed by atoms with Crippen LogP contribution in [-0.2, 0) is 0 Å². The number of carbonyl (C=O) groups excluding carboxylic acids is 1. The summed E-state index contributed by atoms with van der Waals surface area (Å²) in [4.78, 5) is 18.9. The van der Waals surface area contributed by atoms with Gasteiger partial charge in [0.15, 0.2) is 0 Å². The Morgan fingerprint density at radius 2 is 1.95 bits per heavy atom. The molecule has 2 aromatic rings. The number of aromatic nitrogens is 1. The molecular weight excluding hydrogens is 309 g/mol. The SMILES string of the molecule is Cc1cc(C(=O)N(C)C2CNC2)c2ccccc2n1.Cl.Cl. The molecule has 1 aliphatic heterocycles. The second-order valence-electron chi connectivity index (χ2n) is 5.06. The van der Waals surface area contributed by atoms with E-state index in [2.05, 4.69) is 10.3 Å². The summed E-state index contributed by atoms with van der Waals surface area (Å²) >= 11 is 0. The summed E-state index contributed by atoms with van der Waals surface area (Å²) in [5.74, 6) is 0.0770. The normalized spacial score (nSPS) is 13.8. The molecule has 1 amide bonds. The van der Waals surface area contributed by atoms with Crippen LogP contribution >= 0.6 is 24.8 Å². The van der Waals surface area contributed by atoms with E-state index in [0.717, 1.165) is 35.2 Å². The van der Waals surface area contributed by atoms with Crippen LogP contribution in [0.3, 0.4) is 0 Å². The number of rotatable bonds is 2. The van der Waals surface area contributed by atoms with Gasteiger partial charge in [0.1, 0.15) is 0 Å². The molecule has 4 nitrogen and oxygen atoms in total. The molecule has 0 bridgehead atoms. The fraction of sp³-hybridized carbons (Fsp3) is 0.333. The van der Waals surface area contributed by atoms with E-state index in [1.54, 1.807) is 0 Å². The van der Waals surface area contributed by atoms with Crippen molar-refractivity contribution in [2.75, 3.05) is 20.1 Å². The highest BCUT2D eigenvalue weighted by Gasteiger charge is 2.27. The molecular formula is C15H19Cl2N3O. The second kappa shape index (κ2) is 7.07. The first-order chi connectivity index (χ1) is 9.16.